The fourth-order valence-corrected chi connectivity index (χ4v) is 3.48. The summed E-state index contributed by atoms with van der Waals surface area (Å²) >= 11 is 0. The van der Waals surface area contributed by atoms with Gasteiger partial charge in [-0.3, -0.25) is 0 Å². The number of halogens is 2. The smallest absolute Gasteiger partial charge is 0.134 e. The number of rotatable bonds is 5. The maximum Gasteiger partial charge on any atom is 0.134 e. The molecule has 2 heterocycles. The third-order valence-corrected chi connectivity index (χ3v) is 5.04. The summed E-state index contributed by atoms with van der Waals surface area (Å²) < 4.78 is 27.0. The monoisotopic (exact) mass is 395 g/mol. The lowest BCUT2D eigenvalue weighted by Gasteiger charge is -2.36. The Bertz CT molecular complexity index is 969. The molecule has 4 rings (SSSR count). The average molecular weight is 395 g/mol. The predicted molar refractivity (Wildman–Crippen MR) is 111 cm³/mol. The Hall–Kier alpha value is -3.22. The first-order chi connectivity index (χ1) is 14.1. The molecule has 1 N–H and O–H groups in total. The van der Waals surface area contributed by atoms with Gasteiger partial charge in [-0.1, -0.05) is 18.2 Å². The summed E-state index contributed by atoms with van der Waals surface area (Å²) in [5.41, 5.74) is 1.62. The lowest BCUT2D eigenvalue weighted by atomic mass is 10.2. The van der Waals surface area contributed by atoms with Crippen LogP contribution in [0.3, 0.4) is 0 Å². The van der Waals surface area contributed by atoms with E-state index in [1.807, 2.05) is 31.2 Å². The molecule has 5 nitrogen and oxygen atoms in total. The highest BCUT2D eigenvalue weighted by Gasteiger charge is 2.19. The molecule has 29 heavy (non-hydrogen) atoms. The van der Waals surface area contributed by atoms with Crippen LogP contribution in [0.1, 0.15) is 11.4 Å². The largest absolute Gasteiger partial charge is 0.368 e. The summed E-state index contributed by atoms with van der Waals surface area (Å²) in [6, 6.07) is 15.2. The van der Waals surface area contributed by atoms with E-state index >= 15 is 0 Å². The Kier molecular flexibility index (Phi) is 5.55. The quantitative estimate of drug-likeness (QED) is 0.707. The summed E-state index contributed by atoms with van der Waals surface area (Å²) in [6.07, 6.45) is 0. The van der Waals surface area contributed by atoms with Gasteiger partial charge in [0.1, 0.15) is 29.1 Å². The van der Waals surface area contributed by atoms with Crippen molar-refractivity contribution in [2.24, 2.45) is 0 Å². The van der Waals surface area contributed by atoms with Gasteiger partial charge in [-0.15, -0.1) is 0 Å². The number of benzene rings is 2. The van der Waals surface area contributed by atoms with E-state index in [2.05, 4.69) is 25.1 Å². The molecular formula is C22H23F2N5. The highest BCUT2D eigenvalue weighted by atomic mass is 19.1. The molecule has 0 spiro atoms. The molecule has 0 aliphatic carbocycles. The summed E-state index contributed by atoms with van der Waals surface area (Å²) in [5.74, 6) is 1.74. The van der Waals surface area contributed by atoms with E-state index in [9.17, 15) is 8.78 Å². The fourth-order valence-electron chi connectivity index (χ4n) is 3.48. The van der Waals surface area contributed by atoms with Gasteiger partial charge >= 0.3 is 0 Å². The van der Waals surface area contributed by atoms with Crippen molar-refractivity contribution in [1.82, 2.24) is 9.97 Å². The lowest BCUT2D eigenvalue weighted by molar-refractivity contribution is 0.613. The van der Waals surface area contributed by atoms with Crippen LogP contribution in [0.2, 0.25) is 0 Å². The average Bonchev–Trinajstić information content (AvgIpc) is 2.73. The van der Waals surface area contributed by atoms with Gasteiger partial charge in [0.2, 0.25) is 0 Å². The summed E-state index contributed by atoms with van der Waals surface area (Å²) in [6.45, 7) is 5.48. The second kappa shape index (κ2) is 8.43. The molecule has 1 aliphatic rings. The molecule has 0 unspecified atom stereocenters. The van der Waals surface area contributed by atoms with Crippen molar-refractivity contribution >= 4 is 17.3 Å². The normalized spacial score (nSPS) is 14.2. The summed E-state index contributed by atoms with van der Waals surface area (Å²) in [4.78, 5) is 13.4. The van der Waals surface area contributed by atoms with E-state index < -0.39 is 0 Å². The number of piperazine rings is 1. The Labute approximate surface area is 169 Å². The minimum absolute atomic E-state index is 0.223. The fraction of sp³-hybridized carbons (Fsp3) is 0.273. The van der Waals surface area contributed by atoms with E-state index in [1.165, 1.54) is 18.2 Å². The molecule has 3 aromatic rings. The van der Waals surface area contributed by atoms with E-state index in [0.717, 1.165) is 37.7 Å². The van der Waals surface area contributed by atoms with Crippen LogP contribution < -0.4 is 15.1 Å². The van der Waals surface area contributed by atoms with Crippen molar-refractivity contribution < 1.29 is 8.78 Å². The molecule has 150 valence electrons. The van der Waals surface area contributed by atoms with Gasteiger partial charge in [0.25, 0.3) is 0 Å². The van der Waals surface area contributed by atoms with E-state index in [0.29, 0.717) is 23.8 Å². The number of nitrogens with one attached hydrogen (secondary N) is 1. The van der Waals surface area contributed by atoms with Gasteiger partial charge in [0.15, 0.2) is 0 Å². The Morgan fingerprint density at radius 2 is 1.59 bits per heavy atom. The number of hydrogen-bond donors (Lipinski definition) is 1. The Morgan fingerprint density at radius 3 is 2.31 bits per heavy atom. The zero-order valence-corrected chi connectivity index (χ0v) is 16.3. The number of aromatic nitrogens is 2. The van der Waals surface area contributed by atoms with Gasteiger partial charge in [0.05, 0.1) is 0 Å². The second-order valence-electron chi connectivity index (χ2n) is 7.05. The molecule has 0 atom stereocenters. The molecule has 0 saturated carbocycles. The van der Waals surface area contributed by atoms with Crippen molar-refractivity contribution in [3.63, 3.8) is 0 Å². The predicted octanol–water partition coefficient (Wildman–Crippen LogP) is 4.00. The first-order valence-corrected chi connectivity index (χ1v) is 9.67. The van der Waals surface area contributed by atoms with Crippen molar-refractivity contribution in [2.75, 3.05) is 41.3 Å². The van der Waals surface area contributed by atoms with Crippen LogP contribution in [0.5, 0.6) is 0 Å². The number of aryl methyl sites for hydroxylation is 1. The van der Waals surface area contributed by atoms with Crippen LogP contribution >= 0.6 is 0 Å². The van der Waals surface area contributed by atoms with Crippen LogP contribution in [0.4, 0.5) is 26.1 Å². The SMILES string of the molecule is Cc1nc(NCc2ccccc2F)cc(N2CCN(c3ccc(F)cc3)CC2)n1. The Morgan fingerprint density at radius 1 is 0.897 bits per heavy atom. The number of anilines is 3. The highest BCUT2D eigenvalue weighted by molar-refractivity contribution is 5.53. The van der Waals surface area contributed by atoms with Gasteiger partial charge in [-0.2, -0.15) is 0 Å². The molecule has 1 saturated heterocycles. The van der Waals surface area contributed by atoms with Crippen LogP contribution in [-0.2, 0) is 6.54 Å². The van der Waals surface area contributed by atoms with Crippen LogP contribution in [0.15, 0.2) is 54.6 Å². The first-order valence-electron chi connectivity index (χ1n) is 9.67. The van der Waals surface area contributed by atoms with E-state index in [1.54, 1.807) is 12.1 Å². The third-order valence-electron chi connectivity index (χ3n) is 5.04. The molecule has 2 aromatic carbocycles. The van der Waals surface area contributed by atoms with Gasteiger partial charge in [-0.05, 0) is 37.3 Å². The standard InChI is InChI=1S/C22H23F2N5/c1-16-26-21(25-15-17-4-2-3-5-20(17)24)14-22(27-16)29-12-10-28(11-13-29)19-8-6-18(23)7-9-19/h2-9,14H,10-13,15H2,1H3,(H,25,26,27). The van der Waals surface area contributed by atoms with Crippen molar-refractivity contribution in [1.29, 1.82) is 0 Å². The van der Waals surface area contributed by atoms with Crippen LogP contribution in [0, 0.1) is 18.6 Å². The highest BCUT2D eigenvalue weighted by Crippen LogP contribution is 2.22. The number of hydrogen-bond acceptors (Lipinski definition) is 5. The summed E-state index contributed by atoms with van der Waals surface area (Å²) in [7, 11) is 0. The topological polar surface area (TPSA) is 44.3 Å². The Balaban J connectivity index is 1.41. The molecule has 1 fully saturated rings. The molecule has 1 aliphatic heterocycles. The molecular weight excluding hydrogens is 372 g/mol. The maximum atomic E-state index is 13.8. The van der Waals surface area contributed by atoms with Crippen molar-refractivity contribution in [3.8, 4) is 0 Å². The maximum absolute atomic E-state index is 13.8. The van der Waals surface area contributed by atoms with Crippen molar-refractivity contribution in [3.05, 3.63) is 77.6 Å². The summed E-state index contributed by atoms with van der Waals surface area (Å²) in [5, 5.41) is 3.20. The zero-order valence-electron chi connectivity index (χ0n) is 16.3. The molecule has 0 amide bonds. The third kappa shape index (κ3) is 4.62. The van der Waals surface area contributed by atoms with Gasteiger partial charge in [0, 0.05) is 50.0 Å². The first kappa shape index (κ1) is 19.1. The van der Waals surface area contributed by atoms with Crippen LogP contribution in [-0.4, -0.2) is 36.1 Å². The number of nitrogens with zero attached hydrogens (tertiary/aromatic N) is 4. The van der Waals surface area contributed by atoms with Crippen LogP contribution in [0.25, 0.3) is 0 Å². The minimum atomic E-state index is -0.233. The van der Waals surface area contributed by atoms with Crippen molar-refractivity contribution in [2.45, 2.75) is 13.5 Å². The van der Waals surface area contributed by atoms with Gasteiger partial charge < -0.3 is 15.1 Å². The molecule has 0 radical (unpaired) electrons. The molecule has 1 aromatic heterocycles. The zero-order chi connectivity index (χ0) is 20.2. The molecule has 0 bridgehead atoms. The lowest BCUT2D eigenvalue weighted by Crippen LogP contribution is -2.46. The second-order valence-corrected chi connectivity index (χ2v) is 7.05. The van der Waals surface area contributed by atoms with E-state index in [-0.39, 0.29) is 11.6 Å². The minimum Gasteiger partial charge on any atom is -0.368 e. The van der Waals surface area contributed by atoms with E-state index in [4.69, 9.17) is 0 Å². The van der Waals surface area contributed by atoms with Gasteiger partial charge in [-0.25, -0.2) is 18.7 Å². The molecule has 7 heteroatoms.